The molecule has 2 N–H and O–H groups in total. The van der Waals surface area contributed by atoms with Gasteiger partial charge in [0.2, 0.25) is 0 Å². The van der Waals surface area contributed by atoms with Crippen LogP contribution in [0.4, 0.5) is 0 Å². The standard InChI is InChI=1S/C14H24N2/c1-4-5-11-16(3)14(2,15)12-13-9-7-6-8-10-13/h6-10H,4-5,11-12,15H2,1-3H3. The summed E-state index contributed by atoms with van der Waals surface area (Å²) in [6.07, 6.45) is 3.32. The highest BCUT2D eigenvalue weighted by Crippen LogP contribution is 2.14. The molecule has 0 amide bonds. The van der Waals surface area contributed by atoms with Crippen LogP contribution in [0, 0.1) is 0 Å². The van der Waals surface area contributed by atoms with Crippen LogP contribution in [0.1, 0.15) is 32.3 Å². The molecule has 0 saturated heterocycles. The second-order valence-corrected chi connectivity index (χ2v) is 4.79. The summed E-state index contributed by atoms with van der Waals surface area (Å²) in [6.45, 7) is 5.38. The third-order valence-corrected chi connectivity index (χ3v) is 3.12. The van der Waals surface area contributed by atoms with E-state index in [0.29, 0.717) is 0 Å². The molecule has 0 aliphatic carbocycles. The van der Waals surface area contributed by atoms with Gasteiger partial charge in [0.25, 0.3) is 0 Å². The summed E-state index contributed by atoms with van der Waals surface area (Å²) in [5.74, 6) is 0. The number of nitrogens with two attached hydrogens (primary N) is 1. The lowest BCUT2D eigenvalue weighted by molar-refractivity contribution is 0.141. The first kappa shape index (κ1) is 13.2. The van der Waals surface area contributed by atoms with Crippen LogP contribution in [0.5, 0.6) is 0 Å². The molecule has 90 valence electrons. The molecule has 0 aliphatic rings. The molecule has 0 spiro atoms. The Labute approximate surface area is 99.5 Å². The van der Waals surface area contributed by atoms with Crippen molar-refractivity contribution in [2.75, 3.05) is 13.6 Å². The van der Waals surface area contributed by atoms with Crippen LogP contribution in [0.15, 0.2) is 30.3 Å². The van der Waals surface area contributed by atoms with Crippen molar-refractivity contribution < 1.29 is 0 Å². The largest absolute Gasteiger partial charge is 0.313 e. The molecule has 2 nitrogen and oxygen atoms in total. The maximum atomic E-state index is 6.36. The number of rotatable bonds is 6. The van der Waals surface area contributed by atoms with Gasteiger partial charge in [0, 0.05) is 6.42 Å². The zero-order chi connectivity index (χ0) is 12.0. The topological polar surface area (TPSA) is 29.3 Å². The highest BCUT2D eigenvalue weighted by molar-refractivity contribution is 5.17. The van der Waals surface area contributed by atoms with Gasteiger partial charge in [-0.05, 0) is 32.5 Å². The molecular formula is C14H24N2. The van der Waals surface area contributed by atoms with E-state index >= 15 is 0 Å². The zero-order valence-electron chi connectivity index (χ0n) is 10.7. The third kappa shape index (κ3) is 3.95. The van der Waals surface area contributed by atoms with Gasteiger partial charge in [-0.15, -0.1) is 0 Å². The first-order valence-electron chi connectivity index (χ1n) is 6.10. The average Bonchev–Trinajstić information content (AvgIpc) is 2.26. The Morgan fingerprint density at radius 2 is 1.88 bits per heavy atom. The van der Waals surface area contributed by atoms with Crippen molar-refractivity contribution in [1.29, 1.82) is 0 Å². The Hall–Kier alpha value is -0.860. The lowest BCUT2D eigenvalue weighted by Gasteiger charge is -2.35. The van der Waals surface area contributed by atoms with E-state index in [1.54, 1.807) is 0 Å². The number of benzene rings is 1. The molecule has 16 heavy (non-hydrogen) atoms. The van der Waals surface area contributed by atoms with Gasteiger partial charge in [-0.2, -0.15) is 0 Å². The van der Waals surface area contributed by atoms with Crippen molar-refractivity contribution in [3.8, 4) is 0 Å². The molecular weight excluding hydrogens is 196 g/mol. The third-order valence-electron chi connectivity index (χ3n) is 3.12. The number of unbranched alkanes of at least 4 members (excludes halogenated alkanes) is 1. The first-order chi connectivity index (χ1) is 7.56. The maximum Gasteiger partial charge on any atom is 0.0696 e. The van der Waals surface area contributed by atoms with E-state index in [1.165, 1.54) is 18.4 Å². The summed E-state index contributed by atoms with van der Waals surface area (Å²) in [6, 6.07) is 10.4. The van der Waals surface area contributed by atoms with E-state index in [2.05, 4.69) is 50.1 Å². The van der Waals surface area contributed by atoms with Gasteiger partial charge < -0.3 is 5.73 Å². The SMILES string of the molecule is CCCCN(C)C(C)(N)Cc1ccccc1. The van der Waals surface area contributed by atoms with Crippen molar-refractivity contribution in [3.05, 3.63) is 35.9 Å². The molecule has 1 atom stereocenters. The minimum Gasteiger partial charge on any atom is -0.313 e. The van der Waals surface area contributed by atoms with E-state index in [0.717, 1.165) is 13.0 Å². The van der Waals surface area contributed by atoms with Gasteiger partial charge in [-0.1, -0.05) is 43.7 Å². The van der Waals surface area contributed by atoms with E-state index in [4.69, 9.17) is 5.73 Å². The van der Waals surface area contributed by atoms with Crippen molar-refractivity contribution in [1.82, 2.24) is 4.90 Å². The van der Waals surface area contributed by atoms with Gasteiger partial charge in [0.15, 0.2) is 0 Å². The highest BCUT2D eigenvalue weighted by Gasteiger charge is 2.23. The fraction of sp³-hybridized carbons (Fsp3) is 0.571. The smallest absolute Gasteiger partial charge is 0.0696 e. The molecule has 1 aromatic carbocycles. The number of nitrogens with zero attached hydrogens (tertiary/aromatic N) is 1. The summed E-state index contributed by atoms with van der Waals surface area (Å²) in [5.41, 5.74) is 7.41. The molecule has 0 heterocycles. The van der Waals surface area contributed by atoms with Gasteiger partial charge in [0.1, 0.15) is 0 Å². The second-order valence-electron chi connectivity index (χ2n) is 4.79. The molecule has 0 aromatic heterocycles. The Morgan fingerprint density at radius 1 is 1.25 bits per heavy atom. The molecule has 2 heteroatoms. The fourth-order valence-electron chi connectivity index (χ4n) is 1.79. The summed E-state index contributed by atoms with van der Waals surface area (Å²) >= 11 is 0. The molecule has 0 fully saturated rings. The zero-order valence-corrected chi connectivity index (χ0v) is 10.7. The van der Waals surface area contributed by atoms with E-state index in [-0.39, 0.29) is 5.66 Å². The van der Waals surface area contributed by atoms with Crippen LogP contribution < -0.4 is 5.73 Å². The minimum atomic E-state index is -0.253. The van der Waals surface area contributed by atoms with Gasteiger partial charge >= 0.3 is 0 Å². The van der Waals surface area contributed by atoms with Crippen LogP contribution in [0.25, 0.3) is 0 Å². The monoisotopic (exact) mass is 220 g/mol. The number of hydrogen-bond acceptors (Lipinski definition) is 2. The average molecular weight is 220 g/mol. The Morgan fingerprint density at radius 3 is 2.44 bits per heavy atom. The molecule has 1 rings (SSSR count). The second kappa shape index (κ2) is 6.02. The molecule has 0 aliphatic heterocycles. The summed E-state index contributed by atoms with van der Waals surface area (Å²) in [4.78, 5) is 2.25. The van der Waals surface area contributed by atoms with Crippen LogP contribution in [0.3, 0.4) is 0 Å². The summed E-state index contributed by atoms with van der Waals surface area (Å²) in [7, 11) is 2.11. The van der Waals surface area contributed by atoms with Crippen LogP contribution in [0.2, 0.25) is 0 Å². The Bertz CT molecular complexity index is 293. The first-order valence-corrected chi connectivity index (χ1v) is 6.10. The number of likely N-dealkylation sites (N-methyl/N-ethyl adjacent to an activating group) is 1. The van der Waals surface area contributed by atoms with Crippen molar-refractivity contribution in [3.63, 3.8) is 0 Å². The lowest BCUT2D eigenvalue weighted by Crippen LogP contribution is -2.53. The lowest BCUT2D eigenvalue weighted by atomic mass is 10.0. The highest BCUT2D eigenvalue weighted by atomic mass is 15.2. The fourth-order valence-corrected chi connectivity index (χ4v) is 1.79. The molecule has 1 aromatic rings. The molecule has 0 saturated carbocycles. The Balaban J connectivity index is 2.56. The molecule has 0 radical (unpaired) electrons. The van der Waals surface area contributed by atoms with E-state index in [9.17, 15) is 0 Å². The quantitative estimate of drug-likeness (QED) is 0.747. The van der Waals surface area contributed by atoms with Gasteiger partial charge in [-0.3, -0.25) is 4.90 Å². The minimum absolute atomic E-state index is 0.253. The van der Waals surface area contributed by atoms with Crippen LogP contribution in [-0.4, -0.2) is 24.2 Å². The molecule has 1 unspecified atom stereocenters. The molecule has 0 bridgehead atoms. The maximum absolute atomic E-state index is 6.36. The van der Waals surface area contributed by atoms with E-state index in [1.807, 2.05) is 6.07 Å². The van der Waals surface area contributed by atoms with Crippen molar-refractivity contribution in [2.45, 2.75) is 38.8 Å². The summed E-state index contributed by atoms with van der Waals surface area (Å²) in [5, 5.41) is 0. The number of hydrogen-bond donors (Lipinski definition) is 1. The van der Waals surface area contributed by atoms with Gasteiger partial charge in [0.05, 0.1) is 5.66 Å². The van der Waals surface area contributed by atoms with Crippen molar-refractivity contribution >= 4 is 0 Å². The van der Waals surface area contributed by atoms with Gasteiger partial charge in [-0.25, -0.2) is 0 Å². The van der Waals surface area contributed by atoms with Crippen LogP contribution >= 0.6 is 0 Å². The van der Waals surface area contributed by atoms with Crippen LogP contribution in [-0.2, 0) is 6.42 Å². The van der Waals surface area contributed by atoms with E-state index < -0.39 is 0 Å². The predicted octanol–water partition coefficient (Wildman–Crippen LogP) is 2.64. The normalized spacial score (nSPS) is 15.1. The predicted molar refractivity (Wildman–Crippen MR) is 70.3 cm³/mol. The van der Waals surface area contributed by atoms with Crippen molar-refractivity contribution in [2.24, 2.45) is 5.73 Å². The summed E-state index contributed by atoms with van der Waals surface area (Å²) < 4.78 is 0. The Kier molecular flexibility index (Phi) is 4.97.